The van der Waals surface area contributed by atoms with Gasteiger partial charge in [0, 0.05) is 18.3 Å². The maximum Gasteiger partial charge on any atom is 0.291 e. The molecule has 0 bridgehead atoms. The summed E-state index contributed by atoms with van der Waals surface area (Å²) in [7, 11) is 0. The number of carbonyl (C=O) groups is 2. The topological polar surface area (TPSA) is 93.3 Å². The normalized spacial score (nSPS) is 13.1. The molecule has 7 nitrogen and oxygen atoms in total. The monoisotopic (exact) mass is 377 g/mol. The van der Waals surface area contributed by atoms with Crippen LogP contribution in [0.2, 0.25) is 0 Å². The Morgan fingerprint density at radius 2 is 1.79 bits per heavy atom. The molecule has 2 aromatic heterocycles. The molecule has 2 heterocycles. The third-order valence-electron chi connectivity index (χ3n) is 4.44. The number of rotatable bonds is 6. The average Bonchev–Trinajstić information content (AvgIpc) is 3.38. The van der Waals surface area contributed by atoms with Gasteiger partial charge in [-0.15, -0.1) is 0 Å². The molecule has 1 aromatic carbocycles. The largest absolute Gasteiger partial charge is 0.454 e. The minimum absolute atomic E-state index is 0.108. The molecule has 1 fully saturated rings. The molecule has 1 aliphatic carbocycles. The van der Waals surface area contributed by atoms with Crippen LogP contribution in [0.4, 0.5) is 5.69 Å². The van der Waals surface area contributed by atoms with Crippen LogP contribution in [-0.2, 0) is 6.54 Å². The summed E-state index contributed by atoms with van der Waals surface area (Å²) >= 11 is 0. The number of hydrogen-bond acceptors (Lipinski definition) is 4. The Hall–Kier alpha value is -3.61. The van der Waals surface area contributed by atoms with E-state index in [4.69, 9.17) is 4.42 Å². The number of nitrogens with one attached hydrogen (secondary N) is 2. The minimum atomic E-state index is -0.460. The van der Waals surface area contributed by atoms with Gasteiger partial charge in [-0.2, -0.15) is 0 Å². The smallest absolute Gasteiger partial charge is 0.291 e. The van der Waals surface area contributed by atoms with Crippen LogP contribution < -0.4 is 16.2 Å². The van der Waals surface area contributed by atoms with Crippen LogP contribution >= 0.6 is 0 Å². The summed E-state index contributed by atoms with van der Waals surface area (Å²) in [6.07, 6.45) is 3.62. The highest BCUT2D eigenvalue weighted by molar-refractivity contribution is 6.08. The molecule has 0 unspecified atom stereocenters. The van der Waals surface area contributed by atoms with Gasteiger partial charge in [-0.1, -0.05) is 18.2 Å². The summed E-state index contributed by atoms with van der Waals surface area (Å²) in [5, 5.41) is 5.64. The quantitative estimate of drug-likeness (QED) is 0.691. The number of furan rings is 1. The number of hydrogen-bond donors (Lipinski definition) is 2. The molecule has 28 heavy (non-hydrogen) atoms. The molecule has 1 saturated carbocycles. The number of carbonyl (C=O) groups excluding carboxylic acids is 2. The predicted molar refractivity (Wildman–Crippen MR) is 103 cm³/mol. The Bertz CT molecular complexity index is 1080. The van der Waals surface area contributed by atoms with E-state index >= 15 is 0 Å². The van der Waals surface area contributed by atoms with Gasteiger partial charge in [0.2, 0.25) is 0 Å². The van der Waals surface area contributed by atoms with E-state index in [0.717, 1.165) is 12.8 Å². The first-order chi connectivity index (χ1) is 13.6. The summed E-state index contributed by atoms with van der Waals surface area (Å²) in [6, 6.07) is 15.1. The Kier molecular flexibility index (Phi) is 4.80. The van der Waals surface area contributed by atoms with Crippen LogP contribution in [0.15, 0.2) is 70.0 Å². The number of pyridine rings is 1. The Balaban J connectivity index is 1.47. The number of amides is 2. The van der Waals surface area contributed by atoms with Crippen LogP contribution in [0.5, 0.6) is 0 Å². The number of para-hydroxylation sites is 1. The van der Waals surface area contributed by atoms with E-state index in [1.165, 1.54) is 10.6 Å². The fourth-order valence-electron chi connectivity index (χ4n) is 2.81. The highest BCUT2D eigenvalue weighted by Crippen LogP contribution is 2.22. The van der Waals surface area contributed by atoms with Crippen LogP contribution in [0.1, 0.15) is 39.5 Å². The predicted octanol–water partition coefficient (Wildman–Crippen LogP) is 2.63. The molecule has 7 heteroatoms. The second kappa shape index (κ2) is 7.56. The molecule has 142 valence electrons. The maximum atomic E-state index is 12.6. The van der Waals surface area contributed by atoms with E-state index in [9.17, 15) is 14.4 Å². The number of aromatic nitrogens is 1. The average molecular weight is 377 g/mol. The van der Waals surface area contributed by atoms with Crippen molar-refractivity contribution in [2.24, 2.45) is 0 Å². The van der Waals surface area contributed by atoms with Crippen LogP contribution in [0, 0.1) is 0 Å². The van der Waals surface area contributed by atoms with Gasteiger partial charge in [0.05, 0.1) is 17.8 Å². The summed E-state index contributed by atoms with van der Waals surface area (Å²) < 4.78 is 7.06. The van der Waals surface area contributed by atoms with Crippen molar-refractivity contribution < 1.29 is 14.0 Å². The van der Waals surface area contributed by atoms with Crippen molar-refractivity contribution in [3.8, 4) is 0 Å². The van der Waals surface area contributed by atoms with E-state index in [0.29, 0.717) is 17.0 Å². The lowest BCUT2D eigenvalue weighted by molar-refractivity contribution is 0.0952. The zero-order valence-corrected chi connectivity index (χ0v) is 15.1. The second-order valence-electron chi connectivity index (χ2n) is 6.68. The van der Waals surface area contributed by atoms with Gasteiger partial charge in [-0.25, -0.2) is 0 Å². The fourth-order valence-corrected chi connectivity index (χ4v) is 2.81. The molecule has 2 N–H and O–H groups in total. The molecule has 0 saturated heterocycles. The summed E-state index contributed by atoms with van der Waals surface area (Å²) in [5.41, 5.74) is 0.675. The van der Waals surface area contributed by atoms with Gasteiger partial charge >= 0.3 is 0 Å². The Labute approximate surface area is 161 Å². The lowest BCUT2D eigenvalue weighted by Crippen LogP contribution is -2.26. The van der Waals surface area contributed by atoms with E-state index < -0.39 is 5.91 Å². The first-order valence-electron chi connectivity index (χ1n) is 9.05. The SMILES string of the molecule is O=C(Nc1ccccc1C(=O)NC1CC1)c1ccc(Cn2ccccc2=O)o1. The summed E-state index contributed by atoms with van der Waals surface area (Å²) in [5.74, 6) is -0.0742. The van der Waals surface area contributed by atoms with Crippen LogP contribution in [0.3, 0.4) is 0 Å². The lowest BCUT2D eigenvalue weighted by atomic mass is 10.1. The van der Waals surface area contributed by atoms with Gasteiger partial charge < -0.3 is 19.6 Å². The lowest BCUT2D eigenvalue weighted by Gasteiger charge is -2.10. The molecule has 2 amide bonds. The van der Waals surface area contributed by atoms with Crippen molar-refractivity contribution in [3.05, 3.63) is 88.2 Å². The van der Waals surface area contributed by atoms with Gasteiger partial charge in [0.1, 0.15) is 5.76 Å². The molecular formula is C21H19N3O4. The Morgan fingerprint density at radius 1 is 1.00 bits per heavy atom. The first kappa shape index (κ1) is 17.8. The molecule has 0 radical (unpaired) electrons. The molecule has 3 aromatic rings. The zero-order valence-electron chi connectivity index (χ0n) is 15.1. The Morgan fingerprint density at radius 3 is 2.57 bits per heavy atom. The standard InChI is InChI=1S/C21H19N3O4/c25-19-7-3-4-12-24(19)13-15-10-11-18(28-15)21(27)23-17-6-2-1-5-16(17)20(26)22-14-8-9-14/h1-7,10-12,14H,8-9,13H2,(H,22,26)(H,23,27). The highest BCUT2D eigenvalue weighted by atomic mass is 16.4. The van der Waals surface area contributed by atoms with E-state index in [1.54, 1.807) is 54.7 Å². The summed E-state index contributed by atoms with van der Waals surface area (Å²) in [4.78, 5) is 36.7. The van der Waals surface area contributed by atoms with Gasteiger partial charge in [-0.3, -0.25) is 14.4 Å². The molecule has 1 aliphatic rings. The van der Waals surface area contributed by atoms with E-state index in [1.807, 2.05) is 0 Å². The maximum absolute atomic E-state index is 12.6. The van der Waals surface area contributed by atoms with Crippen molar-refractivity contribution in [1.82, 2.24) is 9.88 Å². The number of benzene rings is 1. The molecule has 0 spiro atoms. The number of anilines is 1. The van der Waals surface area contributed by atoms with E-state index in [2.05, 4.69) is 10.6 Å². The van der Waals surface area contributed by atoms with Gasteiger partial charge in [-0.05, 0) is 43.2 Å². The fraction of sp³-hybridized carbons (Fsp3) is 0.190. The molecule has 0 atom stereocenters. The van der Waals surface area contributed by atoms with Crippen molar-refractivity contribution >= 4 is 17.5 Å². The summed E-state index contributed by atoms with van der Waals surface area (Å²) in [6.45, 7) is 0.229. The van der Waals surface area contributed by atoms with Gasteiger partial charge in [0.15, 0.2) is 5.76 Å². The van der Waals surface area contributed by atoms with Crippen molar-refractivity contribution in [2.45, 2.75) is 25.4 Å². The highest BCUT2D eigenvalue weighted by Gasteiger charge is 2.25. The second-order valence-corrected chi connectivity index (χ2v) is 6.68. The molecule has 4 rings (SSSR count). The van der Waals surface area contributed by atoms with Crippen molar-refractivity contribution in [1.29, 1.82) is 0 Å². The van der Waals surface area contributed by atoms with Crippen molar-refractivity contribution in [3.63, 3.8) is 0 Å². The van der Waals surface area contributed by atoms with Gasteiger partial charge in [0.25, 0.3) is 17.4 Å². The third kappa shape index (κ3) is 4.03. The van der Waals surface area contributed by atoms with Crippen molar-refractivity contribution in [2.75, 3.05) is 5.32 Å². The molecular weight excluding hydrogens is 358 g/mol. The minimum Gasteiger partial charge on any atom is -0.454 e. The third-order valence-corrected chi connectivity index (χ3v) is 4.44. The molecule has 0 aliphatic heterocycles. The number of nitrogens with zero attached hydrogens (tertiary/aromatic N) is 1. The van der Waals surface area contributed by atoms with Crippen LogP contribution in [0.25, 0.3) is 0 Å². The van der Waals surface area contributed by atoms with Crippen LogP contribution in [-0.4, -0.2) is 22.4 Å². The van der Waals surface area contributed by atoms with E-state index in [-0.39, 0.29) is 29.8 Å². The zero-order chi connectivity index (χ0) is 19.5. The first-order valence-corrected chi connectivity index (χ1v) is 9.05.